The molecule has 6 nitrogen and oxygen atoms in total. The zero-order valence-corrected chi connectivity index (χ0v) is 16.0. The molecule has 3 heterocycles. The normalized spacial score (nSPS) is 29.2. The summed E-state index contributed by atoms with van der Waals surface area (Å²) in [4.78, 5) is 9.79. The van der Waals surface area contributed by atoms with Gasteiger partial charge >= 0.3 is 0 Å². The van der Waals surface area contributed by atoms with Gasteiger partial charge in [0.15, 0.2) is 5.96 Å². The third kappa shape index (κ3) is 3.82. The van der Waals surface area contributed by atoms with Gasteiger partial charge in [0, 0.05) is 50.4 Å². The van der Waals surface area contributed by atoms with Gasteiger partial charge in [-0.1, -0.05) is 0 Å². The first kappa shape index (κ1) is 17.2. The van der Waals surface area contributed by atoms with Crippen molar-refractivity contribution >= 4 is 17.7 Å². The third-order valence-electron chi connectivity index (χ3n) is 5.80. The lowest BCUT2D eigenvalue weighted by Crippen LogP contribution is -2.44. The first-order chi connectivity index (χ1) is 12.2. The van der Waals surface area contributed by atoms with Crippen molar-refractivity contribution in [1.29, 1.82) is 0 Å². The summed E-state index contributed by atoms with van der Waals surface area (Å²) in [6.07, 6.45) is 7.11. The fraction of sp³-hybridized carbons (Fsp3) is 0.778. The number of nitrogens with zero attached hydrogens (tertiary/aromatic N) is 5. The van der Waals surface area contributed by atoms with E-state index < -0.39 is 0 Å². The van der Waals surface area contributed by atoms with E-state index in [-0.39, 0.29) is 0 Å². The Morgan fingerprint density at radius 3 is 2.76 bits per heavy atom. The molecular weight excluding hydrogens is 332 g/mol. The fourth-order valence-corrected chi connectivity index (χ4v) is 5.20. The van der Waals surface area contributed by atoms with Gasteiger partial charge in [0.25, 0.3) is 0 Å². The van der Waals surface area contributed by atoms with E-state index in [0.29, 0.717) is 12.0 Å². The Bertz CT molecular complexity index is 604. The predicted octanol–water partition coefficient (Wildman–Crippen LogP) is 1.70. The minimum absolute atomic E-state index is 0.433. The van der Waals surface area contributed by atoms with Crippen molar-refractivity contribution in [2.45, 2.75) is 37.8 Å². The Hall–Kier alpha value is -1.21. The van der Waals surface area contributed by atoms with Crippen LogP contribution in [0.5, 0.6) is 0 Å². The molecule has 2 aliphatic heterocycles. The van der Waals surface area contributed by atoms with Gasteiger partial charge in [-0.25, -0.2) is 0 Å². The standard InChI is InChI=1S/C18H30N6S/c1-22-16(6-7-21-22)17-14(3-2-8-24(17)15-4-5-15)13-20-18(19)23-9-11-25-12-10-23/h6-7,14-15,17H,2-5,8-13H2,1H3,(H2,19,20)/t14-,17+/m0/s1. The lowest BCUT2D eigenvalue weighted by Gasteiger charge is -2.41. The maximum atomic E-state index is 6.30. The van der Waals surface area contributed by atoms with Gasteiger partial charge in [0.2, 0.25) is 0 Å². The Morgan fingerprint density at radius 2 is 2.08 bits per heavy atom. The number of nitrogens with two attached hydrogens (primary N) is 1. The average Bonchev–Trinajstić information content (AvgIpc) is 3.41. The topological polar surface area (TPSA) is 62.7 Å². The Balaban J connectivity index is 1.50. The van der Waals surface area contributed by atoms with Gasteiger partial charge in [-0.05, 0) is 44.2 Å². The van der Waals surface area contributed by atoms with Crippen LogP contribution in [0.4, 0.5) is 0 Å². The van der Waals surface area contributed by atoms with Crippen LogP contribution in [0, 0.1) is 5.92 Å². The van der Waals surface area contributed by atoms with Gasteiger partial charge in [-0.2, -0.15) is 16.9 Å². The SMILES string of the molecule is Cn1nccc1[C@H]1[C@H](CN=C(N)N2CCSCC2)CCCN1C1CC1. The van der Waals surface area contributed by atoms with Gasteiger partial charge in [-0.3, -0.25) is 14.6 Å². The van der Waals surface area contributed by atoms with E-state index in [2.05, 4.69) is 28.0 Å². The van der Waals surface area contributed by atoms with Crippen molar-refractivity contribution < 1.29 is 0 Å². The average molecular weight is 363 g/mol. The van der Waals surface area contributed by atoms with Crippen LogP contribution < -0.4 is 5.73 Å². The Labute approximate surface area is 154 Å². The molecule has 1 aromatic heterocycles. The van der Waals surface area contributed by atoms with Crippen molar-refractivity contribution in [3.8, 4) is 0 Å². The second-order valence-corrected chi connectivity index (χ2v) is 8.72. The van der Waals surface area contributed by atoms with Crippen LogP contribution in [-0.4, -0.2) is 69.3 Å². The quantitative estimate of drug-likeness (QED) is 0.652. The molecule has 25 heavy (non-hydrogen) atoms. The van der Waals surface area contributed by atoms with E-state index in [1.54, 1.807) is 0 Å². The molecule has 1 aliphatic carbocycles. The smallest absolute Gasteiger partial charge is 0.191 e. The van der Waals surface area contributed by atoms with E-state index >= 15 is 0 Å². The van der Waals surface area contributed by atoms with Crippen LogP contribution in [0.2, 0.25) is 0 Å². The first-order valence-electron chi connectivity index (χ1n) is 9.60. The molecule has 0 unspecified atom stereocenters. The number of aromatic nitrogens is 2. The largest absolute Gasteiger partial charge is 0.370 e. The minimum Gasteiger partial charge on any atom is -0.370 e. The molecule has 7 heteroatoms. The number of piperidine rings is 1. The van der Waals surface area contributed by atoms with E-state index in [0.717, 1.165) is 43.1 Å². The molecule has 1 saturated carbocycles. The molecule has 3 aliphatic rings. The van der Waals surface area contributed by atoms with E-state index in [1.807, 2.05) is 22.6 Å². The highest BCUT2D eigenvalue weighted by Crippen LogP contribution is 2.42. The summed E-state index contributed by atoms with van der Waals surface area (Å²) < 4.78 is 2.05. The van der Waals surface area contributed by atoms with E-state index in [9.17, 15) is 0 Å². The predicted molar refractivity (Wildman–Crippen MR) is 104 cm³/mol. The van der Waals surface area contributed by atoms with Crippen molar-refractivity contribution in [2.75, 3.05) is 37.7 Å². The number of likely N-dealkylation sites (tertiary alicyclic amines) is 1. The molecule has 0 radical (unpaired) electrons. The molecule has 0 spiro atoms. The lowest BCUT2D eigenvalue weighted by molar-refractivity contribution is 0.0823. The molecule has 0 aromatic carbocycles. The number of aryl methyl sites for hydroxylation is 1. The number of aliphatic imine (C=N–C) groups is 1. The molecule has 1 aromatic rings. The summed E-state index contributed by atoms with van der Waals surface area (Å²) >= 11 is 2.00. The minimum atomic E-state index is 0.433. The van der Waals surface area contributed by atoms with Crippen LogP contribution in [0.1, 0.15) is 37.4 Å². The number of hydrogen-bond donors (Lipinski definition) is 1. The zero-order chi connectivity index (χ0) is 17.2. The molecule has 138 valence electrons. The first-order valence-corrected chi connectivity index (χ1v) is 10.8. The van der Waals surface area contributed by atoms with Crippen LogP contribution in [0.3, 0.4) is 0 Å². The summed E-state index contributed by atoms with van der Waals surface area (Å²) in [7, 11) is 2.06. The molecule has 2 saturated heterocycles. The van der Waals surface area contributed by atoms with Crippen LogP contribution in [0.25, 0.3) is 0 Å². The highest BCUT2D eigenvalue weighted by molar-refractivity contribution is 7.99. The van der Waals surface area contributed by atoms with Crippen molar-refractivity contribution in [3.05, 3.63) is 18.0 Å². The third-order valence-corrected chi connectivity index (χ3v) is 6.74. The molecule has 3 fully saturated rings. The van der Waals surface area contributed by atoms with Gasteiger partial charge in [0.1, 0.15) is 0 Å². The van der Waals surface area contributed by atoms with Crippen LogP contribution in [-0.2, 0) is 7.05 Å². The van der Waals surface area contributed by atoms with Crippen LogP contribution >= 0.6 is 11.8 Å². The molecule has 2 atom stereocenters. The fourth-order valence-electron chi connectivity index (χ4n) is 4.30. The van der Waals surface area contributed by atoms with E-state index in [1.165, 1.54) is 37.9 Å². The second kappa shape index (κ2) is 7.58. The van der Waals surface area contributed by atoms with Crippen molar-refractivity contribution in [3.63, 3.8) is 0 Å². The number of rotatable bonds is 4. The highest BCUT2D eigenvalue weighted by atomic mass is 32.2. The molecule has 4 rings (SSSR count). The maximum absolute atomic E-state index is 6.30. The summed E-state index contributed by atoms with van der Waals surface area (Å²) in [5, 5.41) is 4.43. The highest BCUT2D eigenvalue weighted by Gasteiger charge is 2.41. The van der Waals surface area contributed by atoms with Gasteiger partial charge < -0.3 is 10.6 Å². The van der Waals surface area contributed by atoms with Gasteiger partial charge in [-0.15, -0.1) is 0 Å². The van der Waals surface area contributed by atoms with Crippen molar-refractivity contribution in [1.82, 2.24) is 19.6 Å². The number of hydrogen-bond acceptors (Lipinski definition) is 4. The zero-order valence-electron chi connectivity index (χ0n) is 15.2. The number of guanidine groups is 1. The van der Waals surface area contributed by atoms with Crippen molar-refractivity contribution in [2.24, 2.45) is 23.7 Å². The number of thioether (sulfide) groups is 1. The van der Waals surface area contributed by atoms with Crippen LogP contribution in [0.15, 0.2) is 17.3 Å². The second-order valence-electron chi connectivity index (χ2n) is 7.49. The Kier molecular flexibility index (Phi) is 5.22. The van der Waals surface area contributed by atoms with E-state index in [4.69, 9.17) is 10.7 Å². The Morgan fingerprint density at radius 1 is 1.28 bits per heavy atom. The molecule has 0 amide bonds. The maximum Gasteiger partial charge on any atom is 0.191 e. The molecule has 0 bridgehead atoms. The molecule has 2 N–H and O–H groups in total. The lowest BCUT2D eigenvalue weighted by atomic mass is 9.86. The monoisotopic (exact) mass is 362 g/mol. The summed E-state index contributed by atoms with van der Waals surface area (Å²) in [6, 6.07) is 3.39. The summed E-state index contributed by atoms with van der Waals surface area (Å²) in [5.41, 5.74) is 7.64. The molecular formula is C18H30N6S. The van der Waals surface area contributed by atoms with Gasteiger partial charge in [0.05, 0.1) is 11.7 Å². The summed E-state index contributed by atoms with van der Waals surface area (Å²) in [6.45, 7) is 4.10. The summed E-state index contributed by atoms with van der Waals surface area (Å²) in [5.74, 6) is 3.59.